The standard InChI is InChI=1S/C20H16N4O2S2/c21-11-13-1-3-14(4-2-13)17-12-22-20-24(17)23-18(28-20)15-5-7-16(8-6-15)19(26)27-10-9-25/h1-8,12,25-27H,9-10H2. The molecule has 0 saturated heterocycles. The predicted octanol–water partition coefficient (Wildman–Crippen LogP) is 3.49. The van der Waals surface area contributed by atoms with Gasteiger partial charge in [-0.2, -0.15) is 21.7 Å². The molecule has 0 amide bonds. The van der Waals surface area contributed by atoms with Crippen LogP contribution < -0.4 is 0 Å². The fourth-order valence-electron chi connectivity index (χ4n) is 2.73. The zero-order chi connectivity index (χ0) is 19.5. The van der Waals surface area contributed by atoms with Crippen LogP contribution in [-0.4, -0.2) is 42.2 Å². The van der Waals surface area contributed by atoms with Crippen LogP contribution in [0.5, 0.6) is 0 Å². The van der Waals surface area contributed by atoms with Crippen molar-refractivity contribution >= 4 is 32.7 Å². The van der Waals surface area contributed by atoms with Crippen molar-refractivity contribution in [3.05, 3.63) is 65.9 Å². The van der Waals surface area contributed by atoms with E-state index in [1.165, 1.54) is 11.3 Å². The molecule has 2 heterocycles. The number of imidazole rings is 1. The lowest BCUT2D eigenvalue weighted by atomic mass is 10.1. The number of nitrogens with zero attached hydrogens (tertiary/aromatic N) is 4. The molecule has 0 aliphatic heterocycles. The Morgan fingerprint density at radius 1 is 1.11 bits per heavy atom. The van der Waals surface area contributed by atoms with Gasteiger partial charge in [0.15, 0.2) is 0 Å². The molecule has 2 aromatic carbocycles. The highest BCUT2D eigenvalue weighted by molar-refractivity contribution is 7.98. The topological polar surface area (TPSA) is 94.4 Å². The van der Waals surface area contributed by atoms with Gasteiger partial charge in [0.25, 0.3) is 0 Å². The first-order chi connectivity index (χ1) is 13.7. The van der Waals surface area contributed by atoms with Crippen molar-refractivity contribution < 1.29 is 10.2 Å². The zero-order valence-electron chi connectivity index (χ0n) is 14.6. The normalized spacial score (nSPS) is 12.0. The number of aliphatic hydroxyl groups is 2. The molecule has 8 heteroatoms. The average molecular weight is 409 g/mol. The van der Waals surface area contributed by atoms with Gasteiger partial charge in [-0.15, -0.1) is 0 Å². The molecule has 0 aliphatic rings. The smallest absolute Gasteiger partial charge is 0.213 e. The van der Waals surface area contributed by atoms with Gasteiger partial charge >= 0.3 is 0 Å². The molecule has 0 unspecified atom stereocenters. The van der Waals surface area contributed by atoms with Crippen LogP contribution in [-0.2, 0) is 0 Å². The lowest BCUT2D eigenvalue weighted by molar-refractivity contribution is 0.323. The van der Waals surface area contributed by atoms with Crippen LogP contribution in [0.3, 0.4) is 0 Å². The largest absolute Gasteiger partial charge is 0.396 e. The minimum atomic E-state index is 0.0458. The number of hydrogen-bond acceptors (Lipinski definition) is 5. The molecule has 4 rings (SSSR count). The molecule has 0 fully saturated rings. The second-order valence-electron chi connectivity index (χ2n) is 5.94. The maximum atomic E-state index is 10.0. The first kappa shape index (κ1) is 18.5. The molecule has 0 spiro atoms. The summed E-state index contributed by atoms with van der Waals surface area (Å²) in [4.78, 5) is 5.23. The summed E-state index contributed by atoms with van der Waals surface area (Å²) in [6, 6.07) is 17.0. The van der Waals surface area contributed by atoms with Gasteiger partial charge < -0.3 is 10.2 Å². The minimum absolute atomic E-state index is 0.0458. The first-order valence-electron chi connectivity index (χ1n) is 8.50. The predicted molar refractivity (Wildman–Crippen MR) is 114 cm³/mol. The fourth-order valence-corrected chi connectivity index (χ4v) is 4.25. The number of fused-ring (bicyclic) bond motifs is 1. The van der Waals surface area contributed by atoms with E-state index in [0.717, 1.165) is 32.4 Å². The number of benzene rings is 2. The summed E-state index contributed by atoms with van der Waals surface area (Å²) in [7, 11) is 0. The molecule has 2 aromatic heterocycles. The fraction of sp³-hybridized carbons (Fsp3) is 0.100. The summed E-state index contributed by atoms with van der Waals surface area (Å²) in [5, 5.41) is 33.6. The van der Waals surface area contributed by atoms with Crippen LogP contribution in [0.2, 0.25) is 0 Å². The van der Waals surface area contributed by atoms with Crippen molar-refractivity contribution in [2.45, 2.75) is 0 Å². The summed E-state index contributed by atoms with van der Waals surface area (Å²) in [5.74, 6) is 0.509. The van der Waals surface area contributed by atoms with Crippen molar-refractivity contribution in [2.75, 3.05) is 12.4 Å². The summed E-state index contributed by atoms with van der Waals surface area (Å²) in [5.41, 5.74) is 4.10. The highest BCUT2D eigenvalue weighted by Gasteiger charge is 2.13. The van der Waals surface area contributed by atoms with E-state index in [0.29, 0.717) is 22.7 Å². The number of hydrogen-bond donors (Lipinski definition) is 3. The van der Waals surface area contributed by atoms with Gasteiger partial charge in [-0.05, 0) is 12.1 Å². The van der Waals surface area contributed by atoms with E-state index in [1.54, 1.807) is 22.8 Å². The monoisotopic (exact) mass is 408 g/mol. The molecule has 0 aliphatic carbocycles. The number of thiol groups is 1. The van der Waals surface area contributed by atoms with E-state index in [4.69, 9.17) is 10.4 Å². The van der Waals surface area contributed by atoms with Crippen molar-refractivity contribution in [2.24, 2.45) is 0 Å². The molecule has 4 aromatic rings. The van der Waals surface area contributed by atoms with E-state index in [1.807, 2.05) is 36.4 Å². The van der Waals surface area contributed by atoms with Gasteiger partial charge in [0.1, 0.15) is 10.1 Å². The Balaban J connectivity index is 1.65. The Kier molecular flexibility index (Phi) is 5.32. The van der Waals surface area contributed by atoms with Crippen LogP contribution in [0.25, 0.3) is 26.8 Å². The maximum Gasteiger partial charge on any atom is 0.213 e. The first-order valence-corrected chi connectivity index (χ1v) is 10.4. The molecule has 0 saturated carbocycles. The summed E-state index contributed by atoms with van der Waals surface area (Å²) >= 11 is 2.19. The van der Waals surface area contributed by atoms with Crippen LogP contribution in [0.15, 0.2) is 54.7 Å². The maximum absolute atomic E-state index is 10.0. The molecule has 2 N–H and O–H groups in total. The van der Waals surface area contributed by atoms with Gasteiger partial charge in [0.2, 0.25) is 4.96 Å². The van der Waals surface area contributed by atoms with Crippen LogP contribution in [0.1, 0.15) is 11.1 Å². The molecular weight excluding hydrogens is 392 g/mol. The Bertz CT molecular complexity index is 1190. The highest BCUT2D eigenvalue weighted by atomic mass is 32.1. The van der Waals surface area contributed by atoms with E-state index >= 15 is 0 Å². The third kappa shape index (κ3) is 3.61. The second kappa shape index (κ2) is 8.04. The van der Waals surface area contributed by atoms with Gasteiger partial charge in [-0.1, -0.05) is 47.7 Å². The number of rotatable bonds is 5. The number of aromatic nitrogens is 3. The molecule has 0 atom stereocenters. The van der Waals surface area contributed by atoms with Crippen LogP contribution >= 0.6 is 22.7 Å². The van der Waals surface area contributed by atoms with Crippen LogP contribution in [0, 0.1) is 11.3 Å². The minimum Gasteiger partial charge on any atom is -0.396 e. The Labute approximate surface area is 168 Å². The van der Waals surface area contributed by atoms with E-state index < -0.39 is 0 Å². The molecule has 28 heavy (non-hydrogen) atoms. The third-order valence-corrected chi connectivity index (χ3v) is 6.10. The van der Waals surface area contributed by atoms with Gasteiger partial charge in [0, 0.05) is 22.4 Å². The quantitative estimate of drug-likeness (QED) is 0.347. The van der Waals surface area contributed by atoms with Gasteiger partial charge in [-0.25, -0.2) is 9.50 Å². The summed E-state index contributed by atoms with van der Waals surface area (Å²) in [6.45, 7) is 0.0458. The van der Waals surface area contributed by atoms with E-state index in [2.05, 4.69) is 16.2 Å². The van der Waals surface area contributed by atoms with E-state index in [9.17, 15) is 5.11 Å². The van der Waals surface area contributed by atoms with Gasteiger partial charge in [0.05, 0.1) is 30.1 Å². The molecule has 140 valence electrons. The van der Waals surface area contributed by atoms with Gasteiger partial charge in [-0.3, -0.25) is 0 Å². The molecule has 0 radical (unpaired) electrons. The molecule has 0 bridgehead atoms. The van der Waals surface area contributed by atoms with Crippen molar-refractivity contribution in [3.8, 4) is 27.9 Å². The summed E-state index contributed by atoms with van der Waals surface area (Å²) in [6.07, 6.45) is 1.78. The van der Waals surface area contributed by atoms with Crippen LogP contribution in [0.4, 0.5) is 0 Å². The average Bonchev–Trinajstić information content (AvgIpc) is 3.33. The summed E-state index contributed by atoms with van der Waals surface area (Å²) < 4.78 is 1.80. The highest BCUT2D eigenvalue weighted by Crippen LogP contribution is 2.29. The SMILES string of the molecule is N#Cc1ccc(-c2cnc3sc(-c4ccc(C(O)=[SH]CCO)cc4)nn23)cc1. The molecule has 6 nitrogen and oxygen atoms in total. The van der Waals surface area contributed by atoms with Crippen molar-refractivity contribution in [1.82, 2.24) is 14.6 Å². The number of aliphatic hydroxyl groups excluding tert-OH is 2. The molecular formula is C20H16N4O2S2. The van der Waals surface area contributed by atoms with Crippen molar-refractivity contribution in [3.63, 3.8) is 0 Å². The van der Waals surface area contributed by atoms with E-state index in [-0.39, 0.29) is 11.7 Å². The third-order valence-electron chi connectivity index (χ3n) is 4.15. The Hall–Kier alpha value is -2.83. The Morgan fingerprint density at radius 2 is 1.82 bits per heavy atom. The second-order valence-corrected chi connectivity index (χ2v) is 8.08. The Morgan fingerprint density at radius 3 is 2.50 bits per heavy atom. The lowest BCUT2D eigenvalue weighted by Crippen LogP contribution is -1.98. The number of nitriles is 1. The lowest BCUT2D eigenvalue weighted by Gasteiger charge is -2.02. The van der Waals surface area contributed by atoms with Crippen molar-refractivity contribution in [1.29, 1.82) is 5.26 Å². The zero-order valence-corrected chi connectivity index (χ0v) is 16.4.